The molecule has 21 heavy (non-hydrogen) atoms. The molecule has 0 aromatic heterocycles. The van der Waals surface area contributed by atoms with Crippen LogP contribution in [0.5, 0.6) is 0 Å². The summed E-state index contributed by atoms with van der Waals surface area (Å²) in [6, 6.07) is 14.5. The molecule has 0 bridgehead atoms. The Morgan fingerprint density at radius 1 is 0.714 bits per heavy atom. The van der Waals surface area contributed by atoms with Gasteiger partial charge in [-0.2, -0.15) is 0 Å². The number of benzene rings is 2. The lowest BCUT2D eigenvalue weighted by molar-refractivity contribution is 0.607. The van der Waals surface area contributed by atoms with Crippen molar-refractivity contribution in [2.75, 3.05) is 0 Å². The second-order valence-electron chi connectivity index (χ2n) is 3.95. The van der Waals surface area contributed by atoms with Crippen LogP contribution in [0.2, 0.25) is 0 Å². The normalized spacial score (nSPS) is 11.4. The third-order valence-electron chi connectivity index (χ3n) is 2.38. The zero-order valence-electron chi connectivity index (χ0n) is 10.9. The summed E-state index contributed by atoms with van der Waals surface area (Å²) < 4.78 is 42.8. The van der Waals surface area contributed by atoms with Crippen molar-refractivity contribution in [1.82, 2.24) is 0 Å². The maximum atomic E-state index is 10.8. The molecule has 2 rings (SSSR count). The summed E-state index contributed by atoms with van der Waals surface area (Å²) in [7, 11) is 3.07. The molecular formula is C13H12Cl2O4S2. The van der Waals surface area contributed by atoms with Crippen LogP contribution in [0.3, 0.4) is 0 Å². The molecule has 0 saturated heterocycles. The molecule has 0 aliphatic carbocycles. The van der Waals surface area contributed by atoms with Crippen LogP contribution in [0.15, 0.2) is 64.4 Å². The zero-order chi connectivity index (χ0) is 16.1. The average Bonchev–Trinajstić information content (AvgIpc) is 2.39. The number of halogens is 2. The fourth-order valence-electron chi connectivity index (χ4n) is 1.41. The molecule has 0 spiro atoms. The van der Waals surface area contributed by atoms with Crippen LogP contribution in [-0.4, -0.2) is 16.8 Å². The smallest absolute Gasteiger partial charge is 0.207 e. The molecule has 2 aromatic carbocycles. The number of aryl methyl sites for hydroxylation is 1. The first-order valence-corrected chi connectivity index (χ1v) is 10.2. The van der Waals surface area contributed by atoms with Gasteiger partial charge in [-0.15, -0.1) is 0 Å². The number of hydrogen-bond acceptors (Lipinski definition) is 4. The van der Waals surface area contributed by atoms with E-state index in [-0.39, 0.29) is 9.79 Å². The van der Waals surface area contributed by atoms with Gasteiger partial charge in [0.1, 0.15) is 0 Å². The molecule has 0 radical (unpaired) electrons. The lowest BCUT2D eigenvalue weighted by Crippen LogP contribution is -1.92. The highest BCUT2D eigenvalue weighted by atomic mass is 35.7. The summed E-state index contributed by atoms with van der Waals surface area (Å²) in [5, 5.41) is 0. The zero-order valence-corrected chi connectivity index (χ0v) is 14.0. The van der Waals surface area contributed by atoms with Gasteiger partial charge in [-0.25, -0.2) is 16.8 Å². The van der Waals surface area contributed by atoms with Crippen LogP contribution < -0.4 is 0 Å². The fourth-order valence-corrected chi connectivity index (χ4v) is 3.42. The Hall–Kier alpha value is -1.08. The van der Waals surface area contributed by atoms with E-state index >= 15 is 0 Å². The molecule has 114 valence electrons. The van der Waals surface area contributed by atoms with E-state index in [4.69, 9.17) is 21.4 Å². The first-order valence-electron chi connectivity index (χ1n) is 5.62. The highest BCUT2D eigenvalue weighted by Gasteiger charge is 2.11. The van der Waals surface area contributed by atoms with Crippen LogP contribution in [0.25, 0.3) is 0 Å². The van der Waals surface area contributed by atoms with E-state index < -0.39 is 18.1 Å². The molecule has 0 aliphatic heterocycles. The van der Waals surface area contributed by atoms with Crippen molar-refractivity contribution in [2.45, 2.75) is 16.7 Å². The van der Waals surface area contributed by atoms with E-state index in [1.807, 2.05) is 0 Å². The predicted molar refractivity (Wildman–Crippen MR) is 83.7 cm³/mol. The molecule has 0 aliphatic rings. The Morgan fingerprint density at radius 2 is 1.19 bits per heavy atom. The third kappa shape index (κ3) is 6.05. The molecular weight excluding hydrogens is 355 g/mol. The Balaban J connectivity index is 0.000000211. The van der Waals surface area contributed by atoms with Crippen molar-refractivity contribution in [3.8, 4) is 0 Å². The van der Waals surface area contributed by atoms with E-state index in [9.17, 15) is 16.8 Å². The SMILES string of the molecule is Cc1ccccc1S(=O)(=O)Cl.O=S(=O)(Cl)c1ccccc1. The Labute approximate surface area is 133 Å². The van der Waals surface area contributed by atoms with E-state index in [1.54, 1.807) is 43.3 Å². The van der Waals surface area contributed by atoms with E-state index in [0.717, 1.165) is 0 Å². The second-order valence-corrected chi connectivity index (χ2v) is 9.05. The van der Waals surface area contributed by atoms with Crippen LogP contribution in [0.4, 0.5) is 0 Å². The van der Waals surface area contributed by atoms with Gasteiger partial charge in [0.2, 0.25) is 0 Å². The minimum Gasteiger partial charge on any atom is -0.207 e. The van der Waals surface area contributed by atoms with Crippen molar-refractivity contribution < 1.29 is 16.8 Å². The van der Waals surface area contributed by atoms with Gasteiger partial charge in [0.25, 0.3) is 18.1 Å². The van der Waals surface area contributed by atoms with Gasteiger partial charge in [-0.05, 0) is 30.7 Å². The molecule has 0 unspecified atom stereocenters. The van der Waals surface area contributed by atoms with Crippen LogP contribution in [0, 0.1) is 6.92 Å². The molecule has 0 saturated carbocycles. The van der Waals surface area contributed by atoms with Crippen molar-refractivity contribution >= 4 is 39.5 Å². The fraction of sp³-hybridized carbons (Fsp3) is 0.0769. The first-order chi connectivity index (χ1) is 9.62. The number of rotatable bonds is 2. The molecule has 2 aromatic rings. The molecule has 0 fully saturated rings. The van der Waals surface area contributed by atoms with Gasteiger partial charge in [0, 0.05) is 21.4 Å². The first kappa shape index (κ1) is 18.0. The second kappa shape index (κ2) is 7.26. The molecule has 0 N–H and O–H groups in total. The summed E-state index contributed by atoms with van der Waals surface area (Å²) in [5.74, 6) is 0. The molecule has 0 atom stereocenters. The summed E-state index contributed by atoms with van der Waals surface area (Å²) >= 11 is 0. The van der Waals surface area contributed by atoms with Gasteiger partial charge < -0.3 is 0 Å². The van der Waals surface area contributed by atoms with Gasteiger partial charge in [0.15, 0.2) is 0 Å². The van der Waals surface area contributed by atoms with Crippen molar-refractivity contribution in [3.63, 3.8) is 0 Å². The van der Waals surface area contributed by atoms with E-state index in [2.05, 4.69) is 0 Å². The minimum atomic E-state index is -3.56. The summed E-state index contributed by atoms with van der Waals surface area (Å²) in [5.41, 5.74) is 0.669. The molecule has 0 amide bonds. The van der Waals surface area contributed by atoms with Crippen LogP contribution in [-0.2, 0) is 18.1 Å². The van der Waals surface area contributed by atoms with Crippen LogP contribution >= 0.6 is 21.4 Å². The standard InChI is InChI=1S/C7H7ClO2S.C6H5ClO2S/c1-6-4-2-3-5-7(6)11(8,9)10;7-10(8,9)6-4-2-1-3-5-6/h2-5H,1H3;1-5H. The van der Waals surface area contributed by atoms with Gasteiger partial charge in [-0.3, -0.25) is 0 Å². The van der Waals surface area contributed by atoms with Gasteiger partial charge in [0.05, 0.1) is 9.79 Å². The molecule has 8 heteroatoms. The Kier molecular flexibility index (Phi) is 6.22. The lowest BCUT2D eigenvalue weighted by Gasteiger charge is -1.98. The van der Waals surface area contributed by atoms with E-state index in [0.29, 0.717) is 5.56 Å². The predicted octanol–water partition coefficient (Wildman–Crippen LogP) is 3.54. The quantitative estimate of drug-likeness (QED) is 0.762. The molecule has 0 heterocycles. The van der Waals surface area contributed by atoms with Crippen molar-refractivity contribution in [2.24, 2.45) is 0 Å². The maximum absolute atomic E-state index is 10.8. The lowest BCUT2D eigenvalue weighted by atomic mass is 10.2. The topological polar surface area (TPSA) is 68.3 Å². The maximum Gasteiger partial charge on any atom is 0.261 e. The third-order valence-corrected chi connectivity index (χ3v) is 5.23. The monoisotopic (exact) mass is 366 g/mol. The number of hydrogen-bond donors (Lipinski definition) is 0. The highest BCUT2D eigenvalue weighted by molar-refractivity contribution is 8.14. The minimum absolute atomic E-state index is 0.136. The summed E-state index contributed by atoms with van der Waals surface area (Å²) in [6.07, 6.45) is 0. The largest absolute Gasteiger partial charge is 0.261 e. The van der Waals surface area contributed by atoms with Gasteiger partial charge in [-0.1, -0.05) is 36.4 Å². The summed E-state index contributed by atoms with van der Waals surface area (Å²) in [4.78, 5) is 0.318. The summed E-state index contributed by atoms with van der Waals surface area (Å²) in [6.45, 7) is 1.70. The van der Waals surface area contributed by atoms with E-state index in [1.165, 1.54) is 18.2 Å². The Morgan fingerprint density at radius 3 is 1.52 bits per heavy atom. The average molecular weight is 367 g/mol. The highest BCUT2D eigenvalue weighted by Crippen LogP contribution is 2.18. The Bertz CT molecular complexity index is 801. The molecule has 4 nitrogen and oxygen atoms in total. The van der Waals surface area contributed by atoms with Crippen LogP contribution in [0.1, 0.15) is 5.56 Å². The van der Waals surface area contributed by atoms with Gasteiger partial charge >= 0.3 is 0 Å². The van der Waals surface area contributed by atoms with Crippen molar-refractivity contribution in [3.05, 3.63) is 60.2 Å². The van der Waals surface area contributed by atoms with Crippen molar-refractivity contribution in [1.29, 1.82) is 0 Å².